The number of rotatable bonds is 9. The van der Waals surface area contributed by atoms with Crippen LogP contribution in [0.1, 0.15) is 30.4 Å². The van der Waals surface area contributed by atoms with Crippen molar-refractivity contribution in [3.63, 3.8) is 0 Å². The molecule has 4 rings (SSSR count). The van der Waals surface area contributed by atoms with E-state index in [-0.39, 0.29) is 17.0 Å². The summed E-state index contributed by atoms with van der Waals surface area (Å²) in [5.41, 5.74) is 7.42. The van der Waals surface area contributed by atoms with Gasteiger partial charge >= 0.3 is 0 Å². The first-order valence-electron chi connectivity index (χ1n) is 12.4. The van der Waals surface area contributed by atoms with Gasteiger partial charge in [-0.3, -0.25) is 14.2 Å². The summed E-state index contributed by atoms with van der Waals surface area (Å²) in [6, 6.07) is 12.7. The van der Waals surface area contributed by atoms with Gasteiger partial charge in [0.2, 0.25) is 0 Å². The first-order chi connectivity index (χ1) is 19.4. The van der Waals surface area contributed by atoms with Crippen molar-refractivity contribution in [2.45, 2.75) is 19.3 Å². The Morgan fingerprint density at radius 1 is 1.07 bits per heavy atom. The molecule has 0 spiro atoms. The van der Waals surface area contributed by atoms with Crippen molar-refractivity contribution in [1.82, 2.24) is 9.88 Å². The SMILES string of the molecule is CCCNC(=O)C1=c2s/c(=C/c3cccc(OC)c3OC)c(=O)n2C(N)=C(C#N)C1c1cccc(OC)c1OC. The molecule has 0 aliphatic carbocycles. The van der Waals surface area contributed by atoms with Gasteiger partial charge in [0.15, 0.2) is 23.0 Å². The summed E-state index contributed by atoms with van der Waals surface area (Å²) >= 11 is 1.10. The number of fused-ring (bicyclic) bond motifs is 1. The minimum absolute atomic E-state index is 0.0473. The van der Waals surface area contributed by atoms with E-state index in [1.165, 1.54) is 33.0 Å². The smallest absolute Gasteiger partial charge is 0.274 e. The van der Waals surface area contributed by atoms with E-state index in [1.807, 2.05) is 6.92 Å². The van der Waals surface area contributed by atoms with Crippen LogP contribution in [-0.2, 0) is 4.79 Å². The van der Waals surface area contributed by atoms with Crippen molar-refractivity contribution >= 4 is 34.7 Å². The number of nitriles is 1. The molecule has 0 fully saturated rings. The first-order valence-corrected chi connectivity index (χ1v) is 13.3. The highest BCUT2D eigenvalue weighted by atomic mass is 32.1. The molecule has 1 aromatic heterocycles. The molecule has 3 aromatic rings. The predicted molar refractivity (Wildman–Crippen MR) is 153 cm³/mol. The Hall–Kier alpha value is -4.69. The Morgan fingerprint density at radius 3 is 2.33 bits per heavy atom. The molecular weight excluding hydrogens is 532 g/mol. The second kappa shape index (κ2) is 12.0. The van der Waals surface area contributed by atoms with E-state index in [0.717, 1.165) is 11.3 Å². The molecule has 3 N–H and O–H groups in total. The third kappa shape index (κ3) is 4.78. The number of hydrogen-bond donors (Lipinski definition) is 2. The maximum Gasteiger partial charge on any atom is 0.274 e. The van der Waals surface area contributed by atoms with E-state index < -0.39 is 17.4 Å². The fraction of sp³-hybridized carbons (Fsp3) is 0.276. The zero-order valence-corrected chi connectivity index (χ0v) is 23.7. The van der Waals surface area contributed by atoms with Crippen LogP contribution in [0.25, 0.3) is 17.5 Å². The number of hydrogen-bond acceptors (Lipinski definition) is 9. The van der Waals surface area contributed by atoms with Gasteiger partial charge in [0.1, 0.15) is 10.5 Å². The molecule has 40 heavy (non-hydrogen) atoms. The van der Waals surface area contributed by atoms with Gasteiger partial charge in [-0.25, -0.2) is 0 Å². The predicted octanol–water partition coefficient (Wildman–Crippen LogP) is 1.90. The summed E-state index contributed by atoms with van der Waals surface area (Å²) in [5, 5.41) is 13.2. The number of benzene rings is 2. The van der Waals surface area contributed by atoms with E-state index in [9.17, 15) is 14.9 Å². The van der Waals surface area contributed by atoms with Crippen LogP contribution in [0.2, 0.25) is 0 Å². The van der Waals surface area contributed by atoms with Crippen LogP contribution in [0.15, 0.2) is 46.8 Å². The Morgan fingerprint density at radius 2 is 1.73 bits per heavy atom. The molecule has 2 heterocycles. The largest absolute Gasteiger partial charge is 0.493 e. The number of methoxy groups -OCH3 is 4. The standard InChI is InChI=1S/C29H30N4O6S/c1-6-13-32-27(34)23-22(17-10-8-12-20(37-3)25(17)39-5)18(15-30)26(31)33-28(35)21(40-29(23)33)14-16-9-7-11-19(36-2)24(16)38-4/h7-12,14,22H,6,13,31H2,1-5H3,(H,32,34)/b21-14+. The quantitative estimate of drug-likeness (QED) is 0.403. The molecular formula is C29H30N4O6S. The molecule has 10 nitrogen and oxygen atoms in total. The molecule has 1 aliphatic heterocycles. The van der Waals surface area contributed by atoms with E-state index in [1.54, 1.807) is 42.5 Å². The van der Waals surface area contributed by atoms with Crippen LogP contribution in [0.5, 0.6) is 23.0 Å². The van der Waals surface area contributed by atoms with Gasteiger partial charge < -0.3 is 30.0 Å². The Labute approximate surface area is 235 Å². The highest BCUT2D eigenvalue weighted by Crippen LogP contribution is 2.44. The molecule has 1 unspecified atom stereocenters. The fourth-order valence-electron chi connectivity index (χ4n) is 4.72. The lowest BCUT2D eigenvalue weighted by molar-refractivity contribution is -0.115. The van der Waals surface area contributed by atoms with Gasteiger partial charge in [0.25, 0.3) is 11.5 Å². The van der Waals surface area contributed by atoms with Crippen LogP contribution in [0.4, 0.5) is 0 Å². The number of amides is 1. The number of ether oxygens (including phenoxy) is 4. The summed E-state index contributed by atoms with van der Waals surface area (Å²) in [5.74, 6) is 0.347. The lowest BCUT2D eigenvalue weighted by atomic mass is 9.82. The summed E-state index contributed by atoms with van der Waals surface area (Å²) in [7, 11) is 6.02. The molecule has 0 saturated heterocycles. The van der Waals surface area contributed by atoms with Gasteiger partial charge in [-0.05, 0) is 24.6 Å². The summed E-state index contributed by atoms with van der Waals surface area (Å²) in [4.78, 5) is 27.5. The topological polar surface area (TPSA) is 138 Å². The summed E-state index contributed by atoms with van der Waals surface area (Å²) in [6.45, 7) is 2.34. The van der Waals surface area contributed by atoms with Crippen molar-refractivity contribution in [3.8, 4) is 29.1 Å². The second-order valence-corrected chi connectivity index (χ2v) is 9.77. The number of carbonyl (C=O) groups is 1. The van der Waals surface area contributed by atoms with Crippen LogP contribution >= 0.6 is 11.3 Å². The Bertz CT molecular complexity index is 1710. The third-order valence-electron chi connectivity index (χ3n) is 6.51. The van der Waals surface area contributed by atoms with Gasteiger partial charge in [0.05, 0.1) is 56.1 Å². The van der Waals surface area contributed by atoms with Crippen molar-refractivity contribution in [3.05, 3.63) is 72.6 Å². The highest BCUT2D eigenvalue weighted by molar-refractivity contribution is 7.07. The third-order valence-corrected chi connectivity index (χ3v) is 7.62. The lowest BCUT2D eigenvalue weighted by Crippen LogP contribution is -2.42. The molecule has 2 aromatic carbocycles. The molecule has 0 radical (unpaired) electrons. The lowest BCUT2D eigenvalue weighted by Gasteiger charge is -2.27. The Balaban J connectivity index is 2.13. The first kappa shape index (κ1) is 28.3. The van der Waals surface area contributed by atoms with Crippen LogP contribution in [0.3, 0.4) is 0 Å². The van der Waals surface area contributed by atoms with Gasteiger partial charge in [-0.15, -0.1) is 11.3 Å². The fourth-order valence-corrected chi connectivity index (χ4v) is 5.88. The zero-order valence-electron chi connectivity index (χ0n) is 22.9. The average Bonchev–Trinajstić information content (AvgIpc) is 3.30. The number of nitrogens with zero attached hydrogens (tertiary/aromatic N) is 2. The van der Waals surface area contributed by atoms with Crippen LogP contribution < -0.4 is 44.8 Å². The zero-order chi connectivity index (χ0) is 29.0. The van der Waals surface area contributed by atoms with E-state index in [0.29, 0.717) is 56.3 Å². The number of thiazole rings is 1. The Kier molecular flexibility index (Phi) is 8.50. The van der Waals surface area contributed by atoms with Crippen molar-refractivity contribution in [2.75, 3.05) is 35.0 Å². The number of carbonyl (C=O) groups excluding carboxylic acids is 1. The van der Waals surface area contributed by atoms with E-state index in [2.05, 4.69) is 11.4 Å². The maximum absolute atomic E-state index is 13.7. The number of nitrogens with two attached hydrogens (primary N) is 1. The molecule has 1 amide bonds. The molecule has 0 bridgehead atoms. The van der Waals surface area contributed by atoms with Crippen LogP contribution in [0, 0.1) is 11.3 Å². The average molecular weight is 563 g/mol. The van der Waals surface area contributed by atoms with Crippen LogP contribution in [-0.4, -0.2) is 45.5 Å². The van der Waals surface area contributed by atoms with Gasteiger partial charge in [-0.1, -0.05) is 31.2 Å². The monoisotopic (exact) mass is 562 g/mol. The van der Waals surface area contributed by atoms with Crippen molar-refractivity contribution < 1.29 is 23.7 Å². The van der Waals surface area contributed by atoms with E-state index in [4.69, 9.17) is 24.7 Å². The van der Waals surface area contributed by atoms with Gasteiger partial charge in [-0.2, -0.15) is 5.26 Å². The molecule has 208 valence electrons. The molecule has 1 aliphatic rings. The highest BCUT2D eigenvalue weighted by Gasteiger charge is 2.37. The normalized spacial score (nSPS) is 14.8. The van der Waals surface area contributed by atoms with Gasteiger partial charge in [0, 0.05) is 17.7 Å². The minimum atomic E-state index is -0.913. The number of aromatic nitrogens is 1. The van der Waals surface area contributed by atoms with Crippen molar-refractivity contribution in [2.24, 2.45) is 5.73 Å². The number of allylic oxidation sites excluding steroid dienone is 1. The van der Waals surface area contributed by atoms with E-state index >= 15 is 0 Å². The summed E-state index contributed by atoms with van der Waals surface area (Å²) < 4.78 is 23.9. The van der Waals surface area contributed by atoms with Crippen molar-refractivity contribution in [1.29, 1.82) is 5.26 Å². The number of para-hydroxylation sites is 2. The number of nitrogens with one attached hydrogen (secondary N) is 1. The molecule has 1 atom stereocenters. The molecule has 11 heteroatoms. The second-order valence-electron chi connectivity index (χ2n) is 8.74. The molecule has 0 saturated carbocycles. The minimum Gasteiger partial charge on any atom is -0.493 e. The maximum atomic E-state index is 13.7. The summed E-state index contributed by atoms with van der Waals surface area (Å²) in [6.07, 6.45) is 2.35.